The number of hydrogen-bond donors (Lipinski definition) is 2. The first-order valence-corrected chi connectivity index (χ1v) is 7.31. The first-order valence-electron chi connectivity index (χ1n) is 7.31. The van der Waals surface area contributed by atoms with Crippen LogP contribution >= 0.6 is 0 Å². The van der Waals surface area contributed by atoms with Crippen molar-refractivity contribution in [3.8, 4) is 11.3 Å². The quantitative estimate of drug-likeness (QED) is 0.903. The second-order valence-corrected chi connectivity index (χ2v) is 5.58. The van der Waals surface area contributed by atoms with Crippen LogP contribution in [0, 0.1) is 0 Å². The highest BCUT2D eigenvalue weighted by atomic mass is 16.4. The predicted molar refractivity (Wildman–Crippen MR) is 82.5 cm³/mol. The zero-order valence-corrected chi connectivity index (χ0v) is 12.1. The number of rotatable bonds is 4. The molecule has 1 saturated heterocycles. The highest BCUT2D eigenvalue weighted by Crippen LogP contribution is 2.22. The standard InChI is InChI=1S/C17H18N2O3/c20-13-7-8-19(11-13)10-12-5-6-16(18-9-12)14-3-1-2-4-15(14)17(21)22/h1-6,9,13,20H,7-8,10-11H2,(H,21,22)/t13-/m0/s1. The molecule has 22 heavy (non-hydrogen) atoms. The molecule has 1 aliphatic heterocycles. The van der Waals surface area contributed by atoms with Gasteiger partial charge in [-0.05, 0) is 24.1 Å². The van der Waals surface area contributed by atoms with Gasteiger partial charge in [0.15, 0.2) is 0 Å². The molecule has 2 N–H and O–H groups in total. The van der Waals surface area contributed by atoms with Crippen LogP contribution in [0.25, 0.3) is 11.3 Å². The normalized spacial score (nSPS) is 18.5. The van der Waals surface area contributed by atoms with Gasteiger partial charge in [-0.25, -0.2) is 4.79 Å². The first kappa shape index (κ1) is 14.7. The second-order valence-electron chi connectivity index (χ2n) is 5.58. The van der Waals surface area contributed by atoms with Gasteiger partial charge in [0.2, 0.25) is 0 Å². The lowest BCUT2D eigenvalue weighted by Crippen LogP contribution is -2.21. The maximum Gasteiger partial charge on any atom is 0.336 e. The molecule has 2 aromatic rings. The molecule has 2 heterocycles. The summed E-state index contributed by atoms with van der Waals surface area (Å²) in [5.74, 6) is -0.951. The van der Waals surface area contributed by atoms with Crippen molar-refractivity contribution in [1.29, 1.82) is 0 Å². The number of aromatic nitrogens is 1. The molecular weight excluding hydrogens is 280 g/mol. The summed E-state index contributed by atoms with van der Waals surface area (Å²) in [5.41, 5.74) is 2.59. The molecule has 1 aromatic carbocycles. The van der Waals surface area contributed by atoms with Crippen molar-refractivity contribution >= 4 is 5.97 Å². The Morgan fingerprint density at radius 1 is 1.27 bits per heavy atom. The van der Waals surface area contributed by atoms with E-state index in [-0.39, 0.29) is 11.7 Å². The molecule has 1 atom stereocenters. The van der Waals surface area contributed by atoms with Crippen LogP contribution < -0.4 is 0 Å². The molecule has 1 aliphatic rings. The van der Waals surface area contributed by atoms with E-state index >= 15 is 0 Å². The smallest absolute Gasteiger partial charge is 0.336 e. The largest absolute Gasteiger partial charge is 0.478 e. The summed E-state index contributed by atoms with van der Waals surface area (Å²) < 4.78 is 0. The molecule has 5 nitrogen and oxygen atoms in total. The summed E-state index contributed by atoms with van der Waals surface area (Å²) in [6.07, 6.45) is 2.37. The van der Waals surface area contributed by atoms with Gasteiger partial charge in [-0.2, -0.15) is 0 Å². The molecule has 3 rings (SSSR count). The molecule has 0 amide bonds. The van der Waals surface area contributed by atoms with Gasteiger partial charge in [-0.15, -0.1) is 0 Å². The molecule has 1 fully saturated rings. The summed E-state index contributed by atoms with van der Waals surface area (Å²) >= 11 is 0. The van der Waals surface area contributed by atoms with Crippen molar-refractivity contribution in [3.63, 3.8) is 0 Å². The van der Waals surface area contributed by atoms with Gasteiger partial charge in [0.05, 0.1) is 17.4 Å². The number of carbonyl (C=O) groups is 1. The molecule has 1 aromatic heterocycles. The Morgan fingerprint density at radius 2 is 2.09 bits per heavy atom. The number of aliphatic hydroxyl groups excluding tert-OH is 1. The number of carboxylic acids is 1. The summed E-state index contributed by atoms with van der Waals surface area (Å²) in [4.78, 5) is 17.9. The molecule has 0 aliphatic carbocycles. The van der Waals surface area contributed by atoms with Crippen LogP contribution in [-0.2, 0) is 6.54 Å². The third kappa shape index (κ3) is 3.16. The molecular formula is C17H18N2O3. The van der Waals surface area contributed by atoms with Crippen molar-refractivity contribution in [3.05, 3.63) is 53.7 Å². The maximum absolute atomic E-state index is 11.3. The molecule has 0 bridgehead atoms. The molecule has 0 unspecified atom stereocenters. The van der Waals surface area contributed by atoms with Crippen molar-refractivity contribution in [1.82, 2.24) is 9.88 Å². The minimum Gasteiger partial charge on any atom is -0.478 e. The lowest BCUT2D eigenvalue weighted by Gasteiger charge is -2.14. The average molecular weight is 298 g/mol. The molecule has 0 saturated carbocycles. The number of carboxylic acid groups (broad SMARTS) is 1. The van der Waals surface area contributed by atoms with Crippen LogP contribution in [0.4, 0.5) is 0 Å². The third-order valence-electron chi connectivity index (χ3n) is 3.91. The minimum atomic E-state index is -0.951. The third-order valence-corrected chi connectivity index (χ3v) is 3.91. The highest BCUT2D eigenvalue weighted by molar-refractivity contribution is 5.95. The van der Waals surface area contributed by atoms with Gasteiger partial charge in [-0.1, -0.05) is 24.3 Å². The Balaban J connectivity index is 1.78. The van der Waals surface area contributed by atoms with Gasteiger partial charge < -0.3 is 10.2 Å². The van der Waals surface area contributed by atoms with Gasteiger partial charge in [0.1, 0.15) is 0 Å². The van der Waals surface area contributed by atoms with E-state index in [4.69, 9.17) is 0 Å². The monoisotopic (exact) mass is 298 g/mol. The van der Waals surface area contributed by atoms with Crippen molar-refractivity contribution in [2.24, 2.45) is 0 Å². The molecule has 0 spiro atoms. The number of pyridine rings is 1. The topological polar surface area (TPSA) is 73.7 Å². The number of β-amino-alcohol motifs (C(OH)–C–C–N with tert-alkyl or cyclic N) is 1. The predicted octanol–water partition coefficient (Wildman–Crippen LogP) is 2.01. The fourth-order valence-electron chi connectivity index (χ4n) is 2.78. The van der Waals surface area contributed by atoms with Crippen LogP contribution in [0.2, 0.25) is 0 Å². The summed E-state index contributed by atoms with van der Waals surface area (Å²) in [6.45, 7) is 2.35. The number of hydrogen-bond acceptors (Lipinski definition) is 4. The molecule has 0 radical (unpaired) electrons. The van der Waals surface area contributed by atoms with E-state index in [0.717, 1.165) is 25.1 Å². The molecule has 114 valence electrons. The zero-order valence-electron chi connectivity index (χ0n) is 12.1. The van der Waals surface area contributed by atoms with Crippen LogP contribution in [-0.4, -0.2) is 45.3 Å². The van der Waals surface area contributed by atoms with Gasteiger partial charge in [-0.3, -0.25) is 9.88 Å². The highest BCUT2D eigenvalue weighted by Gasteiger charge is 2.20. The number of aromatic carboxylic acids is 1. The van der Waals surface area contributed by atoms with E-state index < -0.39 is 5.97 Å². The summed E-state index contributed by atoms with van der Waals surface area (Å²) in [7, 11) is 0. The van der Waals surface area contributed by atoms with E-state index in [1.165, 1.54) is 0 Å². The second kappa shape index (κ2) is 6.25. The average Bonchev–Trinajstić information content (AvgIpc) is 2.93. The van der Waals surface area contributed by atoms with E-state index in [1.807, 2.05) is 18.2 Å². The number of benzene rings is 1. The van der Waals surface area contributed by atoms with Crippen molar-refractivity contribution in [2.45, 2.75) is 19.1 Å². The van der Waals surface area contributed by atoms with Crippen LogP contribution in [0.3, 0.4) is 0 Å². The Bertz CT molecular complexity index is 670. The van der Waals surface area contributed by atoms with Gasteiger partial charge in [0.25, 0.3) is 0 Å². The molecule has 5 heteroatoms. The van der Waals surface area contributed by atoms with E-state index in [2.05, 4.69) is 9.88 Å². The van der Waals surface area contributed by atoms with Crippen LogP contribution in [0.1, 0.15) is 22.3 Å². The summed E-state index contributed by atoms with van der Waals surface area (Å²) in [5, 5.41) is 18.8. The maximum atomic E-state index is 11.3. The minimum absolute atomic E-state index is 0.227. The fourth-order valence-corrected chi connectivity index (χ4v) is 2.78. The van der Waals surface area contributed by atoms with E-state index in [1.54, 1.807) is 24.4 Å². The first-order chi connectivity index (χ1) is 10.6. The fraction of sp³-hybridized carbons (Fsp3) is 0.294. The zero-order chi connectivity index (χ0) is 15.5. The summed E-state index contributed by atoms with van der Waals surface area (Å²) in [6, 6.07) is 10.7. The van der Waals surface area contributed by atoms with Crippen molar-refractivity contribution in [2.75, 3.05) is 13.1 Å². The number of likely N-dealkylation sites (tertiary alicyclic amines) is 1. The van der Waals surface area contributed by atoms with E-state index in [0.29, 0.717) is 17.8 Å². The number of aliphatic hydroxyl groups is 1. The van der Waals surface area contributed by atoms with Crippen LogP contribution in [0.5, 0.6) is 0 Å². The lowest BCUT2D eigenvalue weighted by molar-refractivity contribution is 0.0697. The van der Waals surface area contributed by atoms with Gasteiger partial charge >= 0.3 is 5.97 Å². The lowest BCUT2D eigenvalue weighted by atomic mass is 10.0. The Labute approximate surface area is 128 Å². The van der Waals surface area contributed by atoms with Crippen molar-refractivity contribution < 1.29 is 15.0 Å². The number of nitrogens with zero attached hydrogens (tertiary/aromatic N) is 2. The SMILES string of the molecule is O=C(O)c1ccccc1-c1ccc(CN2CC[C@H](O)C2)cn1. The Hall–Kier alpha value is -2.24. The van der Waals surface area contributed by atoms with Crippen LogP contribution in [0.15, 0.2) is 42.6 Å². The van der Waals surface area contributed by atoms with Gasteiger partial charge in [0, 0.05) is 31.4 Å². The Morgan fingerprint density at radius 3 is 2.73 bits per heavy atom. The van der Waals surface area contributed by atoms with E-state index in [9.17, 15) is 15.0 Å². The Kier molecular flexibility index (Phi) is 4.18.